The van der Waals surface area contributed by atoms with Crippen LogP contribution in [-0.4, -0.2) is 54.0 Å². The van der Waals surface area contributed by atoms with Crippen molar-refractivity contribution < 1.29 is 29.6 Å². The lowest BCUT2D eigenvalue weighted by Crippen LogP contribution is -2.35. The summed E-state index contributed by atoms with van der Waals surface area (Å²) in [5.41, 5.74) is 0. The highest BCUT2D eigenvalue weighted by Gasteiger charge is 2.33. The molecule has 0 aromatic rings. The van der Waals surface area contributed by atoms with Gasteiger partial charge in [0, 0.05) is 0 Å². The van der Waals surface area contributed by atoms with Gasteiger partial charge in [-0.2, -0.15) is 0 Å². The van der Waals surface area contributed by atoms with Crippen molar-refractivity contribution in [3.8, 4) is 0 Å². The van der Waals surface area contributed by atoms with Gasteiger partial charge in [0.2, 0.25) is 0 Å². The summed E-state index contributed by atoms with van der Waals surface area (Å²) in [6.45, 7) is 7.13. The molecule has 0 saturated heterocycles. The van der Waals surface area contributed by atoms with Crippen LogP contribution >= 0.6 is 0 Å². The van der Waals surface area contributed by atoms with Crippen molar-refractivity contribution in [1.82, 2.24) is 0 Å². The molecular formula is C15H30O6. The summed E-state index contributed by atoms with van der Waals surface area (Å²) >= 11 is 0. The van der Waals surface area contributed by atoms with Crippen LogP contribution in [0.1, 0.15) is 40.0 Å². The van der Waals surface area contributed by atoms with E-state index in [9.17, 15) is 4.79 Å². The number of aliphatic hydroxyl groups excluding tert-OH is 2. The lowest BCUT2D eigenvalue weighted by atomic mass is 9.75. The monoisotopic (exact) mass is 306 g/mol. The molecule has 1 saturated carbocycles. The fraction of sp³-hybridized carbons (Fsp3) is 0.933. The predicted octanol–water partition coefficient (Wildman–Crippen LogP) is 2.13. The Hall–Kier alpha value is -0.850. The number of ether oxygens (including phenoxy) is 2. The normalized spacial score (nSPS) is 25.1. The second-order valence-corrected chi connectivity index (χ2v) is 5.81. The van der Waals surface area contributed by atoms with Crippen molar-refractivity contribution in [2.24, 2.45) is 17.8 Å². The van der Waals surface area contributed by atoms with Gasteiger partial charge >= 0.3 is 6.16 Å². The summed E-state index contributed by atoms with van der Waals surface area (Å²) in [6, 6.07) is 0. The van der Waals surface area contributed by atoms with Crippen molar-refractivity contribution in [1.29, 1.82) is 0 Å². The molecule has 0 unspecified atom stereocenters. The smallest absolute Gasteiger partial charge is 0.450 e. The lowest BCUT2D eigenvalue weighted by Gasteiger charge is -2.35. The Balaban J connectivity index is 0.000000486. The van der Waals surface area contributed by atoms with Crippen LogP contribution in [0.2, 0.25) is 0 Å². The minimum Gasteiger partial charge on any atom is -0.450 e. The van der Waals surface area contributed by atoms with E-state index in [2.05, 4.69) is 25.5 Å². The van der Waals surface area contributed by atoms with Crippen LogP contribution in [0.15, 0.2) is 0 Å². The van der Waals surface area contributed by atoms with Crippen LogP contribution in [0.3, 0.4) is 0 Å². The summed E-state index contributed by atoms with van der Waals surface area (Å²) < 4.78 is 9.58. The third kappa shape index (κ3) is 9.66. The molecule has 6 heteroatoms. The summed E-state index contributed by atoms with van der Waals surface area (Å²) in [4.78, 5) is 10.5. The minimum absolute atomic E-state index is 0.0278. The summed E-state index contributed by atoms with van der Waals surface area (Å²) in [7, 11) is 0. The van der Waals surface area contributed by atoms with Crippen LogP contribution in [0.25, 0.3) is 0 Å². The quantitative estimate of drug-likeness (QED) is 0.514. The highest BCUT2D eigenvalue weighted by Crippen LogP contribution is 2.35. The van der Waals surface area contributed by atoms with Crippen molar-refractivity contribution in [2.75, 3.05) is 26.4 Å². The summed E-state index contributed by atoms with van der Waals surface area (Å²) in [6.07, 6.45) is 1.96. The van der Waals surface area contributed by atoms with Crippen LogP contribution in [-0.2, 0) is 9.47 Å². The number of carboxylic acid groups (broad SMARTS) is 1. The molecular weight excluding hydrogens is 276 g/mol. The van der Waals surface area contributed by atoms with Gasteiger partial charge in [-0.25, -0.2) is 4.79 Å². The van der Waals surface area contributed by atoms with E-state index < -0.39 is 6.16 Å². The van der Waals surface area contributed by atoms with E-state index in [1.54, 1.807) is 0 Å². The maximum atomic E-state index is 10.5. The molecule has 0 radical (unpaired) electrons. The van der Waals surface area contributed by atoms with E-state index in [-0.39, 0.29) is 19.3 Å². The zero-order chi connectivity index (χ0) is 16.3. The van der Waals surface area contributed by atoms with Crippen molar-refractivity contribution in [3.05, 3.63) is 0 Å². The minimum atomic E-state index is -1.13. The third-order valence-electron chi connectivity index (χ3n) is 3.68. The Kier molecular flexibility index (Phi) is 11.3. The standard InChI is InChI=1S/C11H20O3.C4H10O3/c1-7(2)9-5-4-8(3)6-10(9)14-11(12)13;5-1-3-7-4-2-6/h7-10H,4-6H2,1-3H3,(H,12,13);5-6H,1-4H2/t8-,9+,10-;/m1./s1. The molecule has 0 aromatic heterocycles. The maximum absolute atomic E-state index is 10.5. The fourth-order valence-corrected chi connectivity index (χ4v) is 2.61. The van der Waals surface area contributed by atoms with Crippen molar-refractivity contribution >= 4 is 6.16 Å². The molecule has 0 bridgehead atoms. The SMILES string of the molecule is CC(C)[C@@H]1CC[C@@H](C)C[C@H]1OC(=O)O.OCCOCCO. The van der Waals surface area contributed by atoms with E-state index in [1.165, 1.54) is 6.42 Å². The van der Waals surface area contributed by atoms with Gasteiger partial charge in [-0.15, -0.1) is 0 Å². The zero-order valence-electron chi connectivity index (χ0n) is 13.3. The molecule has 1 aliphatic carbocycles. The molecule has 3 atom stereocenters. The van der Waals surface area contributed by atoms with Gasteiger partial charge in [-0.1, -0.05) is 27.2 Å². The van der Waals surface area contributed by atoms with E-state index in [0.29, 0.717) is 31.0 Å². The Morgan fingerprint density at radius 3 is 2.19 bits per heavy atom. The first-order chi connectivity index (χ1) is 9.92. The molecule has 6 nitrogen and oxygen atoms in total. The first-order valence-electron chi connectivity index (χ1n) is 7.61. The molecule has 0 aromatic carbocycles. The second kappa shape index (κ2) is 11.8. The zero-order valence-corrected chi connectivity index (χ0v) is 13.3. The van der Waals surface area contributed by atoms with Gasteiger partial charge < -0.3 is 24.8 Å². The molecule has 0 spiro atoms. The van der Waals surface area contributed by atoms with Gasteiger partial charge in [-0.05, 0) is 30.6 Å². The lowest BCUT2D eigenvalue weighted by molar-refractivity contribution is -0.0175. The number of carbonyl (C=O) groups is 1. The van der Waals surface area contributed by atoms with E-state index in [4.69, 9.17) is 20.1 Å². The molecule has 0 heterocycles. The largest absolute Gasteiger partial charge is 0.506 e. The van der Waals surface area contributed by atoms with Crippen molar-refractivity contribution in [2.45, 2.75) is 46.1 Å². The molecule has 1 rings (SSSR count). The van der Waals surface area contributed by atoms with Gasteiger partial charge in [0.1, 0.15) is 6.10 Å². The topological polar surface area (TPSA) is 96.2 Å². The fourth-order valence-electron chi connectivity index (χ4n) is 2.61. The van der Waals surface area contributed by atoms with Gasteiger partial charge in [0.05, 0.1) is 26.4 Å². The van der Waals surface area contributed by atoms with Crippen LogP contribution in [0.5, 0.6) is 0 Å². The Morgan fingerprint density at radius 2 is 1.76 bits per heavy atom. The number of rotatable bonds is 6. The highest BCUT2D eigenvalue weighted by molar-refractivity contribution is 5.57. The average Bonchev–Trinajstić information content (AvgIpc) is 2.39. The molecule has 0 amide bonds. The summed E-state index contributed by atoms with van der Waals surface area (Å²) in [5.74, 6) is 1.50. The molecule has 0 aliphatic heterocycles. The first kappa shape index (κ1) is 20.1. The number of hydrogen-bond acceptors (Lipinski definition) is 5. The molecule has 21 heavy (non-hydrogen) atoms. The number of hydrogen-bond donors (Lipinski definition) is 3. The van der Waals surface area contributed by atoms with Gasteiger partial charge in [0.25, 0.3) is 0 Å². The molecule has 3 N–H and O–H groups in total. The van der Waals surface area contributed by atoms with E-state index in [1.807, 2.05) is 0 Å². The van der Waals surface area contributed by atoms with Crippen LogP contribution in [0.4, 0.5) is 4.79 Å². The van der Waals surface area contributed by atoms with Crippen LogP contribution < -0.4 is 0 Å². The third-order valence-corrected chi connectivity index (χ3v) is 3.68. The average molecular weight is 306 g/mol. The van der Waals surface area contributed by atoms with Crippen molar-refractivity contribution in [3.63, 3.8) is 0 Å². The second-order valence-electron chi connectivity index (χ2n) is 5.81. The first-order valence-corrected chi connectivity index (χ1v) is 7.61. The number of aliphatic hydroxyl groups is 2. The Bertz CT molecular complexity index is 265. The summed E-state index contributed by atoms with van der Waals surface area (Å²) in [5, 5.41) is 24.8. The predicted molar refractivity (Wildman–Crippen MR) is 79.2 cm³/mol. The molecule has 126 valence electrons. The maximum Gasteiger partial charge on any atom is 0.506 e. The Morgan fingerprint density at radius 1 is 1.19 bits per heavy atom. The highest BCUT2D eigenvalue weighted by atomic mass is 16.7. The van der Waals surface area contributed by atoms with Gasteiger partial charge in [0.15, 0.2) is 0 Å². The van der Waals surface area contributed by atoms with Crippen LogP contribution in [0, 0.1) is 17.8 Å². The molecule has 1 fully saturated rings. The van der Waals surface area contributed by atoms with Gasteiger partial charge in [-0.3, -0.25) is 0 Å². The Labute approximate surface area is 127 Å². The van der Waals surface area contributed by atoms with E-state index in [0.717, 1.165) is 12.8 Å². The molecule has 1 aliphatic rings. The van der Waals surface area contributed by atoms with E-state index >= 15 is 0 Å².